The highest BCUT2D eigenvalue weighted by atomic mass is 16.7. The van der Waals surface area contributed by atoms with Gasteiger partial charge in [0.1, 0.15) is 60.0 Å². The molecule has 842 valence electrons. The molecule has 4 heterocycles. The van der Waals surface area contributed by atoms with Crippen molar-refractivity contribution < 1.29 is 149 Å². The largest absolute Gasteiger partial charge is 0.481 e. The Morgan fingerprint density at radius 1 is 0.385 bits per heavy atom. The molecule has 0 aromatic carbocycles. The van der Waals surface area contributed by atoms with Gasteiger partial charge in [-0.15, -0.1) is 0 Å². The van der Waals surface area contributed by atoms with E-state index in [0.717, 1.165) is 127 Å². The number of aliphatic carboxylic acids is 2. The van der Waals surface area contributed by atoms with E-state index in [4.69, 9.17) is 71.8 Å². The first-order chi connectivity index (χ1) is 68.7. The topological polar surface area (TPSA) is 440 Å². The monoisotopic (exact) mass is 2090 g/mol. The third kappa shape index (κ3) is 27.9. The summed E-state index contributed by atoms with van der Waals surface area (Å²) in [5, 5.41) is 38.9. The first kappa shape index (κ1) is 122. The Bertz CT molecular complexity index is 4510. The van der Waals surface area contributed by atoms with Crippen LogP contribution in [0.2, 0.25) is 0 Å². The molecule has 0 aromatic heterocycles. The SMILES string of the molecule is CCC(C)(C)C(=O)OC(C)CC(=O)O.CCC(C)(C)C(=O)OC1(CC)CC2CCC1C2.CCC(C)(C)C(=O)OC1(CC)CC2CCC1C2.CCC(C)(C)C(=O)OC12CC3CC(CC(O)(C3)C1)C2.CCC(C)(C)C(=O)OC12CC3CC(CC(O)(C3)C1)C2.CCC(C)(C)C(=O)OC1C2CC3C(=O)OC1C3O2.CCC(C)(C)C(=O)OC1C2CC3C1OC(=O)C3C2C(=O)OC.CCC(C)(C)C(=O)OCCOC(=O)C1CCCCC1C(=O)O. The Balaban J connectivity index is 0.000000174. The van der Waals surface area contributed by atoms with Crippen LogP contribution in [0.15, 0.2) is 0 Å². The average Bonchev–Trinajstić information content (AvgIpc) is 1.50. The second-order valence-electron chi connectivity index (χ2n) is 52.8. The van der Waals surface area contributed by atoms with Crippen LogP contribution in [0.25, 0.3) is 0 Å². The summed E-state index contributed by atoms with van der Waals surface area (Å²) in [6.45, 7) is 52.0. The van der Waals surface area contributed by atoms with Crippen molar-refractivity contribution in [3.8, 4) is 0 Å². The number of carboxylic acids is 2. The summed E-state index contributed by atoms with van der Waals surface area (Å²) >= 11 is 0. The molecule has 31 nitrogen and oxygen atoms in total. The molecule has 19 fully saturated rings. The molecule has 15 saturated carbocycles. The number of hydrogen-bond acceptors (Lipinski definition) is 29. The number of carboxylic acid groups (broad SMARTS) is 2. The van der Waals surface area contributed by atoms with E-state index in [1.54, 1.807) is 34.6 Å². The third-order valence-corrected chi connectivity index (χ3v) is 38.7. The van der Waals surface area contributed by atoms with Crippen LogP contribution < -0.4 is 0 Å². The predicted octanol–water partition coefficient (Wildman–Crippen LogP) is 20.6. The summed E-state index contributed by atoms with van der Waals surface area (Å²) in [7, 11) is 1.31. The molecule has 148 heavy (non-hydrogen) atoms. The zero-order valence-electron chi connectivity index (χ0n) is 95.1. The fourth-order valence-corrected chi connectivity index (χ4v) is 26.5. The van der Waals surface area contributed by atoms with Crippen molar-refractivity contribution in [1.82, 2.24) is 0 Å². The van der Waals surface area contributed by atoms with E-state index >= 15 is 0 Å². The van der Waals surface area contributed by atoms with Crippen LogP contribution in [0.1, 0.15) is 425 Å². The highest BCUT2D eigenvalue weighted by Crippen LogP contribution is 2.64. The zero-order chi connectivity index (χ0) is 111. The number of esters is 12. The van der Waals surface area contributed by atoms with Gasteiger partial charge in [-0.1, -0.05) is 82.1 Å². The van der Waals surface area contributed by atoms with Crippen molar-refractivity contribution in [2.45, 2.75) is 501 Å². The second kappa shape index (κ2) is 47.8. The van der Waals surface area contributed by atoms with Gasteiger partial charge in [0.15, 0.2) is 12.2 Å². The molecule has 15 aliphatic carbocycles. The molecular weight excluding hydrogens is 1900 g/mol. The van der Waals surface area contributed by atoms with Crippen molar-refractivity contribution in [3.05, 3.63) is 0 Å². The molecule has 0 radical (unpaired) electrons. The van der Waals surface area contributed by atoms with Crippen molar-refractivity contribution in [2.75, 3.05) is 20.3 Å². The summed E-state index contributed by atoms with van der Waals surface area (Å²) < 4.78 is 71.5. The van der Waals surface area contributed by atoms with E-state index < -0.39 is 122 Å². The quantitative estimate of drug-likeness (QED) is 0.0269. The molecule has 24 atom stereocenters. The molecule has 0 spiro atoms. The maximum atomic E-state index is 12.4. The van der Waals surface area contributed by atoms with Crippen LogP contribution in [0, 0.1) is 132 Å². The van der Waals surface area contributed by atoms with Gasteiger partial charge in [0.25, 0.3) is 0 Å². The van der Waals surface area contributed by atoms with Crippen molar-refractivity contribution in [2.24, 2.45) is 132 Å². The summed E-state index contributed by atoms with van der Waals surface area (Å²) in [6, 6.07) is 0. The van der Waals surface area contributed by atoms with Gasteiger partial charge in [0.05, 0.1) is 104 Å². The van der Waals surface area contributed by atoms with Crippen molar-refractivity contribution in [3.63, 3.8) is 0 Å². The Morgan fingerprint density at radius 2 is 0.764 bits per heavy atom. The fraction of sp³-hybridized carbons (Fsp3) is 0.880. The van der Waals surface area contributed by atoms with Crippen molar-refractivity contribution >= 4 is 83.6 Å². The fourth-order valence-electron chi connectivity index (χ4n) is 26.5. The first-order valence-electron chi connectivity index (χ1n) is 56.7. The predicted molar refractivity (Wildman–Crippen MR) is 548 cm³/mol. The molecule has 31 heteroatoms. The number of ether oxygens (including phenoxy) is 13. The van der Waals surface area contributed by atoms with E-state index in [9.17, 15) is 77.3 Å². The Hall–Kier alpha value is -7.54. The van der Waals surface area contributed by atoms with Crippen LogP contribution in [-0.2, 0) is 129 Å². The van der Waals surface area contributed by atoms with Gasteiger partial charge in [0.2, 0.25) is 0 Å². The van der Waals surface area contributed by atoms with Gasteiger partial charge in [-0.25, -0.2) is 0 Å². The minimum Gasteiger partial charge on any atom is -0.481 e. The Labute approximate surface area is 881 Å². The number of fused-ring (bicyclic) bond motifs is 6. The average molecular weight is 2090 g/mol. The van der Waals surface area contributed by atoms with Gasteiger partial charge in [-0.3, -0.25) is 67.1 Å². The first-order valence-corrected chi connectivity index (χ1v) is 56.7. The highest BCUT2D eigenvalue weighted by Gasteiger charge is 2.72. The number of carbonyl (C=O) groups excluding carboxylic acids is 12. The van der Waals surface area contributed by atoms with Gasteiger partial charge in [-0.05, 0) is 371 Å². The number of methoxy groups -OCH3 is 1. The van der Waals surface area contributed by atoms with E-state index in [1.807, 2.05) is 125 Å². The minimum atomic E-state index is -0.959. The molecular formula is C117H188O31. The number of carbonyl (C=O) groups is 14. The summed E-state index contributed by atoms with van der Waals surface area (Å²) in [6.07, 6.45) is 30.4. The zero-order valence-corrected chi connectivity index (χ0v) is 95.1. The van der Waals surface area contributed by atoms with Crippen molar-refractivity contribution in [1.29, 1.82) is 0 Å². The minimum absolute atomic E-state index is 0.00153. The normalized spacial score (nSPS) is 35.0. The van der Waals surface area contributed by atoms with Crippen LogP contribution >= 0.6 is 0 Å². The number of rotatable bonds is 33. The summed E-state index contributed by atoms with van der Waals surface area (Å²) in [5.74, 6) is -2.22. The third-order valence-electron chi connectivity index (χ3n) is 38.7. The van der Waals surface area contributed by atoms with Gasteiger partial charge < -0.3 is 82.0 Å². The molecule has 4 saturated heterocycles. The molecule has 0 amide bonds. The summed E-state index contributed by atoms with van der Waals surface area (Å²) in [5.41, 5.74) is -5.74. The van der Waals surface area contributed by atoms with Crippen LogP contribution in [0.5, 0.6) is 0 Å². The number of aliphatic hydroxyl groups is 2. The van der Waals surface area contributed by atoms with Crippen LogP contribution in [0.3, 0.4) is 0 Å². The Kier molecular flexibility index (Phi) is 39.5. The maximum absolute atomic E-state index is 12.4. The van der Waals surface area contributed by atoms with E-state index in [-0.39, 0.29) is 143 Å². The lowest BCUT2D eigenvalue weighted by Crippen LogP contribution is -2.61. The molecule has 16 bridgehead atoms. The maximum Gasteiger partial charge on any atom is 0.312 e. The molecule has 4 aliphatic heterocycles. The van der Waals surface area contributed by atoms with Gasteiger partial charge in [0, 0.05) is 24.7 Å². The molecule has 19 rings (SSSR count). The lowest BCUT2D eigenvalue weighted by molar-refractivity contribution is -0.226. The van der Waals surface area contributed by atoms with Crippen LogP contribution in [0.4, 0.5) is 0 Å². The summed E-state index contributed by atoms with van der Waals surface area (Å²) in [4.78, 5) is 166. The van der Waals surface area contributed by atoms with E-state index in [1.165, 1.54) is 58.5 Å². The van der Waals surface area contributed by atoms with E-state index in [0.29, 0.717) is 99.7 Å². The molecule has 4 N–H and O–H groups in total. The number of hydrogen-bond donors (Lipinski definition) is 4. The lowest BCUT2D eigenvalue weighted by atomic mass is 9.52. The van der Waals surface area contributed by atoms with Gasteiger partial charge >= 0.3 is 83.6 Å². The molecule has 19 aliphatic rings. The lowest BCUT2D eigenvalue weighted by Gasteiger charge is -2.59. The van der Waals surface area contributed by atoms with Gasteiger partial charge in [-0.2, -0.15) is 0 Å². The molecule has 0 aromatic rings. The van der Waals surface area contributed by atoms with Crippen LogP contribution in [-0.4, -0.2) is 201 Å². The molecule has 24 unspecified atom stereocenters. The smallest absolute Gasteiger partial charge is 0.312 e. The standard InChI is InChI=1S/C16H22O6.C16H26O6.2C16H26O3.2C15H26O2.C13H18O5.C10H18O4/c1-5-16(2,3)15(19)22-12-7-6-8-10(9(7)13(17)20-4)14(18)21-11(8)12;1-4-16(2,3)15(20)22-10-9-21-14(19)12-8-6-5-7-11(12)13(17)18;2*1-4-14(2,3)13(17)19-16-8-11-5-12(9-16)7-15(18,6-11)10-16;2*1-5-14(3,4)13(16)17-15(6-2)10-11-7-8-12(15)9-11;1-4-13(2,3)12(15)18-9-7-5-6-8(16-7)10(9)17-11(6)14;1-5-10(3,4)9(13)14-7(2)6-8(11)12/h7-12H,5-6H2,1-4H3;11-12H,4-10H2,1-3H3,(H,17,18);2*11-12,18H,4-10H2,1-3H3;2*11-12H,5-10H2,1-4H3;6-10H,4-5H2,1-3H3;7H,5-6H2,1-4H3,(H,11,12). The Morgan fingerprint density at radius 3 is 1.14 bits per heavy atom. The highest BCUT2D eigenvalue weighted by molar-refractivity contribution is 5.87. The second-order valence-corrected chi connectivity index (χ2v) is 52.8. The van der Waals surface area contributed by atoms with E-state index in [2.05, 4.69) is 27.7 Å².